The van der Waals surface area contributed by atoms with E-state index < -0.39 is 0 Å². The molecule has 1 aliphatic heterocycles. The van der Waals surface area contributed by atoms with Crippen molar-refractivity contribution in [2.45, 2.75) is 59.9 Å². The standard InChI is InChI=1S/C9H15NO2.C3H6.C2H6/c1-3-9(12)8-5-4-6-10(8)7(2)11;1-3-2;1-2/h8H,3-6H2,1-2H3;3H,1H2,2H3;1-2H3. The number of Topliss-reactive ketones (excluding diaryl/α,β-unsaturated/α-hetero) is 1. The zero-order chi connectivity index (χ0) is 13.8. The fraction of sp³-hybridized carbons (Fsp3) is 0.714. The SMILES string of the molecule is C=CC.CC.CCC(=O)C1CCCN1C(C)=O. The van der Waals surface area contributed by atoms with Crippen LogP contribution in [-0.2, 0) is 9.59 Å². The molecule has 0 bridgehead atoms. The van der Waals surface area contributed by atoms with Crippen LogP contribution in [0.4, 0.5) is 0 Å². The third-order valence-electron chi connectivity index (χ3n) is 2.38. The first-order valence-corrected chi connectivity index (χ1v) is 6.45. The molecule has 0 aromatic rings. The maximum atomic E-state index is 11.3. The van der Waals surface area contributed by atoms with Crippen LogP contribution >= 0.6 is 0 Å². The van der Waals surface area contributed by atoms with E-state index in [0.717, 1.165) is 19.4 Å². The van der Waals surface area contributed by atoms with Gasteiger partial charge in [0.15, 0.2) is 5.78 Å². The van der Waals surface area contributed by atoms with Crippen molar-refractivity contribution in [1.29, 1.82) is 0 Å². The highest BCUT2D eigenvalue weighted by molar-refractivity contribution is 5.88. The van der Waals surface area contributed by atoms with Gasteiger partial charge in [0.2, 0.25) is 5.91 Å². The average Bonchev–Trinajstić information content (AvgIpc) is 2.81. The molecule has 1 unspecified atom stereocenters. The molecule has 0 aromatic heterocycles. The second kappa shape index (κ2) is 11.4. The van der Waals surface area contributed by atoms with Gasteiger partial charge in [0.05, 0.1) is 6.04 Å². The van der Waals surface area contributed by atoms with Crippen molar-refractivity contribution in [3.8, 4) is 0 Å². The van der Waals surface area contributed by atoms with Crippen LogP contribution in [0.3, 0.4) is 0 Å². The Morgan fingerprint density at radius 2 is 1.88 bits per heavy atom. The Morgan fingerprint density at radius 3 is 2.24 bits per heavy atom. The van der Waals surface area contributed by atoms with E-state index in [-0.39, 0.29) is 17.7 Å². The molecule has 1 aliphatic rings. The number of allylic oxidation sites excluding steroid dienone is 1. The van der Waals surface area contributed by atoms with E-state index in [1.165, 1.54) is 6.92 Å². The van der Waals surface area contributed by atoms with E-state index in [1.807, 2.05) is 27.7 Å². The van der Waals surface area contributed by atoms with Crippen molar-refractivity contribution < 1.29 is 9.59 Å². The second-order valence-corrected chi connectivity index (χ2v) is 3.60. The lowest BCUT2D eigenvalue weighted by atomic mass is 10.1. The molecule has 1 heterocycles. The first-order valence-electron chi connectivity index (χ1n) is 6.45. The number of hydrogen-bond acceptors (Lipinski definition) is 2. The normalized spacial score (nSPS) is 17.2. The largest absolute Gasteiger partial charge is 0.333 e. The Kier molecular flexibility index (Phi) is 12.2. The maximum absolute atomic E-state index is 11.3. The number of hydrogen-bond donors (Lipinski definition) is 0. The predicted octanol–water partition coefficient (Wildman–Crippen LogP) is 3.19. The topological polar surface area (TPSA) is 37.4 Å². The Balaban J connectivity index is 0. The maximum Gasteiger partial charge on any atom is 0.220 e. The van der Waals surface area contributed by atoms with Gasteiger partial charge in [-0.15, -0.1) is 6.58 Å². The zero-order valence-electron chi connectivity index (χ0n) is 12.0. The van der Waals surface area contributed by atoms with E-state index in [1.54, 1.807) is 11.0 Å². The minimum Gasteiger partial charge on any atom is -0.333 e. The molecule has 3 nitrogen and oxygen atoms in total. The van der Waals surface area contributed by atoms with Crippen molar-refractivity contribution in [2.24, 2.45) is 0 Å². The predicted molar refractivity (Wildman–Crippen MR) is 72.9 cm³/mol. The van der Waals surface area contributed by atoms with Crippen molar-refractivity contribution in [1.82, 2.24) is 4.90 Å². The molecule has 1 saturated heterocycles. The molecule has 1 rings (SSSR count). The lowest BCUT2D eigenvalue weighted by molar-refractivity contribution is -0.135. The van der Waals surface area contributed by atoms with Gasteiger partial charge in [-0.2, -0.15) is 0 Å². The summed E-state index contributed by atoms with van der Waals surface area (Å²) in [6.45, 7) is 13.4. The van der Waals surface area contributed by atoms with Gasteiger partial charge >= 0.3 is 0 Å². The number of carbonyl (C=O) groups is 2. The van der Waals surface area contributed by atoms with Crippen LogP contribution in [0.5, 0.6) is 0 Å². The summed E-state index contributed by atoms with van der Waals surface area (Å²) in [6.07, 6.45) is 4.11. The first-order chi connectivity index (χ1) is 8.08. The van der Waals surface area contributed by atoms with Crippen LogP contribution in [0, 0.1) is 0 Å². The van der Waals surface area contributed by atoms with Gasteiger partial charge < -0.3 is 4.90 Å². The van der Waals surface area contributed by atoms with Crippen molar-refractivity contribution in [3.05, 3.63) is 12.7 Å². The van der Waals surface area contributed by atoms with E-state index >= 15 is 0 Å². The van der Waals surface area contributed by atoms with Crippen LogP contribution in [0.1, 0.15) is 53.9 Å². The molecule has 0 spiro atoms. The quantitative estimate of drug-likeness (QED) is 0.696. The van der Waals surface area contributed by atoms with Gasteiger partial charge in [0.1, 0.15) is 0 Å². The van der Waals surface area contributed by atoms with Gasteiger partial charge in [-0.05, 0) is 19.8 Å². The van der Waals surface area contributed by atoms with Crippen molar-refractivity contribution in [2.75, 3.05) is 6.54 Å². The molecular weight excluding hydrogens is 214 g/mol. The number of rotatable bonds is 2. The van der Waals surface area contributed by atoms with Gasteiger partial charge in [-0.1, -0.05) is 26.8 Å². The third kappa shape index (κ3) is 6.93. The third-order valence-corrected chi connectivity index (χ3v) is 2.38. The molecule has 0 saturated carbocycles. The van der Waals surface area contributed by atoms with Crippen LogP contribution in [0.2, 0.25) is 0 Å². The molecule has 1 atom stereocenters. The monoisotopic (exact) mass is 241 g/mol. The fourth-order valence-corrected chi connectivity index (χ4v) is 1.71. The molecule has 1 amide bonds. The zero-order valence-corrected chi connectivity index (χ0v) is 12.0. The summed E-state index contributed by atoms with van der Waals surface area (Å²) in [5.74, 6) is 0.224. The summed E-state index contributed by atoms with van der Waals surface area (Å²) in [6, 6.07) is -0.118. The smallest absolute Gasteiger partial charge is 0.220 e. The Morgan fingerprint density at radius 1 is 1.41 bits per heavy atom. The van der Waals surface area contributed by atoms with Gasteiger partial charge in [-0.25, -0.2) is 0 Å². The van der Waals surface area contributed by atoms with Gasteiger partial charge in [0.25, 0.3) is 0 Å². The molecule has 1 fully saturated rings. The van der Waals surface area contributed by atoms with Crippen LogP contribution in [-0.4, -0.2) is 29.2 Å². The molecule has 100 valence electrons. The second-order valence-electron chi connectivity index (χ2n) is 3.60. The van der Waals surface area contributed by atoms with Crippen LogP contribution in [0.25, 0.3) is 0 Å². The fourth-order valence-electron chi connectivity index (χ4n) is 1.71. The molecule has 0 radical (unpaired) electrons. The summed E-state index contributed by atoms with van der Waals surface area (Å²) < 4.78 is 0. The highest BCUT2D eigenvalue weighted by atomic mass is 16.2. The minimum absolute atomic E-state index is 0.0271. The van der Waals surface area contributed by atoms with Gasteiger partial charge in [0, 0.05) is 19.9 Å². The van der Waals surface area contributed by atoms with Gasteiger partial charge in [-0.3, -0.25) is 9.59 Å². The summed E-state index contributed by atoms with van der Waals surface area (Å²) in [5.41, 5.74) is 0. The number of ketones is 1. The number of carbonyl (C=O) groups excluding carboxylic acids is 2. The molecule has 3 heteroatoms. The Bertz CT molecular complexity index is 236. The lowest BCUT2D eigenvalue weighted by Gasteiger charge is -2.21. The van der Waals surface area contributed by atoms with E-state index in [9.17, 15) is 9.59 Å². The van der Waals surface area contributed by atoms with Crippen molar-refractivity contribution >= 4 is 11.7 Å². The highest BCUT2D eigenvalue weighted by Crippen LogP contribution is 2.18. The molecule has 0 N–H and O–H groups in total. The van der Waals surface area contributed by atoms with Crippen molar-refractivity contribution in [3.63, 3.8) is 0 Å². The molecule has 0 aliphatic carbocycles. The van der Waals surface area contributed by atoms with E-state index in [4.69, 9.17) is 0 Å². The summed E-state index contributed by atoms with van der Waals surface area (Å²) >= 11 is 0. The molecule has 17 heavy (non-hydrogen) atoms. The minimum atomic E-state index is -0.118. The average molecular weight is 241 g/mol. The summed E-state index contributed by atoms with van der Waals surface area (Å²) in [4.78, 5) is 24.1. The highest BCUT2D eigenvalue weighted by Gasteiger charge is 2.30. The number of amides is 1. The lowest BCUT2D eigenvalue weighted by Crippen LogP contribution is -2.38. The van der Waals surface area contributed by atoms with Crippen LogP contribution in [0.15, 0.2) is 12.7 Å². The molecular formula is C14H27NO2. The van der Waals surface area contributed by atoms with Crippen LogP contribution < -0.4 is 0 Å². The number of nitrogens with zero attached hydrogens (tertiary/aromatic N) is 1. The Labute approximate surface area is 106 Å². The Hall–Kier alpha value is -1.12. The van der Waals surface area contributed by atoms with E-state index in [2.05, 4.69) is 6.58 Å². The summed E-state index contributed by atoms with van der Waals surface area (Å²) in [7, 11) is 0. The summed E-state index contributed by atoms with van der Waals surface area (Å²) in [5, 5.41) is 0. The molecule has 0 aromatic carbocycles. The first kappa shape index (κ1) is 18.3. The number of likely N-dealkylation sites (tertiary alicyclic amines) is 1. The van der Waals surface area contributed by atoms with E-state index in [0.29, 0.717) is 6.42 Å².